The summed E-state index contributed by atoms with van der Waals surface area (Å²) in [7, 11) is 0. The van der Waals surface area contributed by atoms with E-state index in [1.807, 2.05) is 24.3 Å². The van der Waals surface area contributed by atoms with Crippen LogP contribution in [0.5, 0.6) is 5.75 Å². The highest BCUT2D eigenvalue weighted by Crippen LogP contribution is 2.21. The molecule has 0 N–H and O–H groups in total. The van der Waals surface area contributed by atoms with E-state index in [1.165, 1.54) is 0 Å². The molecule has 0 spiro atoms. The summed E-state index contributed by atoms with van der Waals surface area (Å²) >= 11 is 3.43. The Kier molecular flexibility index (Phi) is 3.43. The average molecular weight is 255 g/mol. The van der Waals surface area contributed by atoms with Crippen molar-refractivity contribution in [3.8, 4) is 5.75 Å². The number of ether oxygens (including phenoxy) is 1. The molecule has 0 aliphatic carbocycles. The van der Waals surface area contributed by atoms with Gasteiger partial charge in [0.05, 0.1) is 0 Å². The van der Waals surface area contributed by atoms with Gasteiger partial charge in [-0.05, 0) is 31.0 Å². The molecule has 1 heterocycles. The molecule has 0 bridgehead atoms. The van der Waals surface area contributed by atoms with Crippen LogP contribution in [0.25, 0.3) is 0 Å². The van der Waals surface area contributed by atoms with Gasteiger partial charge in [-0.25, -0.2) is 5.32 Å². The van der Waals surface area contributed by atoms with Gasteiger partial charge >= 0.3 is 0 Å². The van der Waals surface area contributed by atoms with Crippen LogP contribution in [-0.2, 0) is 0 Å². The summed E-state index contributed by atoms with van der Waals surface area (Å²) in [5, 5.41) is 4.30. The monoisotopic (exact) mass is 254 g/mol. The second-order valence-corrected chi connectivity index (χ2v) is 4.36. The van der Waals surface area contributed by atoms with Gasteiger partial charge in [-0.15, -0.1) is 0 Å². The van der Waals surface area contributed by atoms with Gasteiger partial charge in [0.25, 0.3) is 0 Å². The predicted molar refractivity (Wildman–Crippen MR) is 59.7 cm³/mol. The third kappa shape index (κ3) is 2.72. The van der Waals surface area contributed by atoms with Crippen LogP contribution in [0.1, 0.15) is 12.8 Å². The molecule has 1 saturated heterocycles. The van der Waals surface area contributed by atoms with Crippen LogP contribution < -0.4 is 10.1 Å². The molecule has 1 aliphatic rings. The van der Waals surface area contributed by atoms with Gasteiger partial charge in [0.1, 0.15) is 11.9 Å². The molecule has 75 valence electrons. The van der Waals surface area contributed by atoms with Crippen LogP contribution in [0, 0.1) is 0 Å². The highest BCUT2D eigenvalue weighted by Gasteiger charge is 2.14. The van der Waals surface area contributed by atoms with Crippen LogP contribution in [0.3, 0.4) is 0 Å². The molecule has 14 heavy (non-hydrogen) atoms. The van der Waals surface area contributed by atoms with Crippen molar-refractivity contribution < 1.29 is 4.74 Å². The Bertz CT molecular complexity index is 297. The maximum atomic E-state index is 5.85. The molecule has 3 heteroatoms. The van der Waals surface area contributed by atoms with Crippen LogP contribution in [0.15, 0.2) is 28.7 Å². The molecule has 2 nitrogen and oxygen atoms in total. The van der Waals surface area contributed by atoms with Crippen molar-refractivity contribution in [3.05, 3.63) is 28.7 Å². The number of benzene rings is 1. The molecule has 0 atom stereocenters. The molecule has 0 saturated carbocycles. The van der Waals surface area contributed by atoms with E-state index in [4.69, 9.17) is 4.74 Å². The molecule has 1 radical (unpaired) electrons. The summed E-state index contributed by atoms with van der Waals surface area (Å²) in [5.41, 5.74) is 0. The predicted octanol–water partition coefficient (Wildman–Crippen LogP) is 2.59. The van der Waals surface area contributed by atoms with Gasteiger partial charge in [0, 0.05) is 17.6 Å². The van der Waals surface area contributed by atoms with Crippen molar-refractivity contribution in [2.45, 2.75) is 18.9 Å². The lowest BCUT2D eigenvalue weighted by molar-refractivity contribution is 0.161. The summed E-state index contributed by atoms with van der Waals surface area (Å²) in [6.07, 6.45) is 2.45. The van der Waals surface area contributed by atoms with Crippen LogP contribution in [-0.4, -0.2) is 19.2 Å². The Balaban J connectivity index is 1.95. The summed E-state index contributed by atoms with van der Waals surface area (Å²) in [5.74, 6) is 0.950. The zero-order valence-electron chi connectivity index (χ0n) is 7.95. The van der Waals surface area contributed by atoms with E-state index >= 15 is 0 Å². The van der Waals surface area contributed by atoms with Crippen molar-refractivity contribution in [2.24, 2.45) is 0 Å². The third-order valence-corrected chi connectivity index (χ3v) is 2.81. The van der Waals surface area contributed by atoms with E-state index < -0.39 is 0 Å². The molecule has 0 unspecified atom stereocenters. The maximum Gasteiger partial charge on any atom is 0.120 e. The smallest absolute Gasteiger partial charge is 0.120 e. The number of hydrogen-bond donors (Lipinski definition) is 0. The molecular weight excluding hydrogens is 242 g/mol. The van der Waals surface area contributed by atoms with Crippen LogP contribution >= 0.6 is 15.9 Å². The SMILES string of the molecule is Brc1cccc(OC2CC[N]CC2)c1. The topological polar surface area (TPSA) is 23.3 Å². The zero-order chi connectivity index (χ0) is 9.80. The standard InChI is InChI=1S/C11H13BrNO/c12-9-2-1-3-11(8-9)14-10-4-6-13-7-5-10/h1-3,8,10H,4-7H2. The number of hydrogen-bond acceptors (Lipinski definition) is 1. The fourth-order valence-corrected chi connectivity index (χ4v) is 1.96. The number of rotatable bonds is 2. The second kappa shape index (κ2) is 4.80. The van der Waals surface area contributed by atoms with Gasteiger partial charge in [-0.2, -0.15) is 0 Å². The van der Waals surface area contributed by atoms with E-state index in [0.717, 1.165) is 36.2 Å². The fraction of sp³-hybridized carbons (Fsp3) is 0.455. The molecule has 1 aliphatic heterocycles. The summed E-state index contributed by atoms with van der Waals surface area (Å²) in [6.45, 7) is 1.89. The van der Waals surface area contributed by atoms with Crippen molar-refractivity contribution in [1.29, 1.82) is 0 Å². The quantitative estimate of drug-likeness (QED) is 0.796. The molecule has 0 amide bonds. The van der Waals surface area contributed by atoms with E-state index in [-0.39, 0.29) is 0 Å². The Hall–Kier alpha value is -0.540. The van der Waals surface area contributed by atoms with E-state index in [9.17, 15) is 0 Å². The molecule has 0 aromatic heterocycles. The van der Waals surface area contributed by atoms with Gasteiger partial charge in [-0.3, -0.25) is 0 Å². The van der Waals surface area contributed by atoms with Crippen molar-refractivity contribution >= 4 is 15.9 Å². The van der Waals surface area contributed by atoms with Crippen molar-refractivity contribution in [1.82, 2.24) is 5.32 Å². The molecule has 1 fully saturated rings. The Morgan fingerprint density at radius 1 is 1.29 bits per heavy atom. The molecule has 2 rings (SSSR count). The molecular formula is C11H13BrNO. The normalized spacial score (nSPS) is 18.1. The highest BCUT2D eigenvalue weighted by molar-refractivity contribution is 9.10. The van der Waals surface area contributed by atoms with Crippen LogP contribution in [0.4, 0.5) is 0 Å². The Labute approximate surface area is 92.8 Å². The molecule has 1 aromatic carbocycles. The van der Waals surface area contributed by atoms with Crippen molar-refractivity contribution in [2.75, 3.05) is 13.1 Å². The lowest BCUT2D eigenvalue weighted by atomic mass is 10.1. The average Bonchev–Trinajstić information content (AvgIpc) is 2.19. The lowest BCUT2D eigenvalue weighted by Gasteiger charge is -2.22. The zero-order valence-corrected chi connectivity index (χ0v) is 9.53. The number of halogens is 1. The van der Waals surface area contributed by atoms with E-state index in [0.29, 0.717) is 6.10 Å². The van der Waals surface area contributed by atoms with Gasteiger partial charge in [0.2, 0.25) is 0 Å². The summed E-state index contributed by atoms with van der Waals surface area (Å²) in [4.78, 5) is 0. The maximum absolute atomic E-state index is 5.85. The Morgan fingerprint density at radius 3 is 2.79 bits per heavy atom. The van der Waals surface area contributed by atoms with Gasteiger partial charge in [-0.1, -0.05) is 22.0 Å². The fourth-order valence-electron chi connectivity index (χ4n) is 1.58. The Morgan fingerprint density at radius 2 is 2.07 bits per heavy atom. The highest BCUT2D eigenvalue weighted by atomic mass is 79.9. The number of nitrogens with zero attached hydrogens (tertiary/aromatic N) is 1. The van der Waals surface area contributed by atoms with Crippen LogP contribution in [0.2, 0.25) is 0 Å². The first kappa shape index (κ1) is 9.99. The summed E-state index contributed by atoms with van der Waals surface area (Å²) < 4.78 is 6.91. The second-order valence-electron chi connectivity index (χ2n) is 3.45. The van der Waals surface area contributed by atoms with Gasteiger partial charge < -0.3 is 4.74 Å². The molecule has 1 aromatic rings. The van der Waals surface area contributed by atoms with Gasteiger partial charge in [0.15, 0.2) is 0 Å². The third-order valence-electron chi connectivity index (χ3n) is 2.32. The number of piperidine rings is 1. The first-order valence-corrected chi connectivity index (χ1v) is 5.69. The van der Waals surface area contributed by atoms with E-state index in [2.05, 4.69) is 21.2 Å². The largest absolute Gasteiger partial charge is 0.490 e. The minimum absolute atomic E-state index is 0.349. The van der Waals surface area contributed by atoms with E-state index in [1.54, 1.807) is 0 Å². The van der Waals surface area contributed by atoms with Crippen molar-refractivity contribution in [3.63, 3.8) is 0 Å². The minimum Gasteiger partial charge on any atom is -0.490 e. The first-order chi connectivity index (χ1) is 6.84. The first-order valence-electron chi connectivity index (χ1n) is 4.90. The lowest BCUT2D eigenvalue weighted by Crippen LogP contribution is -2.30. The summed E-state index contributed by atoms with van der Waals surface area (Å²) in [6, 6.07) is 8.00. The minimum atomic E-state index is 0.349.